The number of nitrogens with zero attached hydrogens (tertiary/aromatic N) is 1. The van der Waals surface area contributed by atoms with Crippen LogP contribution in [-0.2, 0) is 16.0 Å². The zero-order valence-corrected chi connectivity index (χ0v) is 15.4. The topological polar surface area (TPSA) is 58.6 Å². The Morgan fingerprint density at radius 3 is 2.85 bits per heavy atom. The molecule has 0 bridgehead atoms. The van der Waals surface area contributed by atoms with E-state index in [4.69, 9.17) is 16.3 Å². The van der Waals surface area contributed by atoms with Crippen LogP contribution in [0.25, 0.3) is 0 Å². The summed E-state index contributed by atoms with van der Waals surface area (Å²) in [5.74, 6) is -0.612. The molecule has 0 atom stereocenters. The van der Waals surface area contributed by atoms with E-state index < -0.39 is 5.97 Å². The summed E-state index contributed by atoms with van der Waals surface area (Å²) >= 11 is 6.13. The molecule has 1 amide bonds. The Balaban J connectivity index is 1.63. The van der Waals surface area contributed by atoms with Crippen molar-refractivity contribution < 1.29 is 14.3 Å². The average Bonchev–Trinajstić information content (AvgIpc) is 2.67. The van der Waals surface area contributed by atoms with Crippen molar-refractivity contribution in [3.63, 3.8) is 0 Å². The second-order valence-electron chi connectivity index (χ2n) is 6.20. The van der Waals surface area contributed by atoms with Crippen LogP contribution in [0.5, 0.6) is 0 Å². The molecule has 0 saturated heterocycles. The highest BCUT2D eigenvalue weighted by Crippen LogP contribution is 2.27. The van der Waals surface area contributed by atoms with Crippen LogP contribution in [0, 0.1) is 0 Å². The van der Waals surface area contributed by atoms with Crippen LogP contribution in [0.3, 0.4) is 0 Å². The third kappa shape index (κ3) is 4.17. The number of aryl methyl sites for hydroxylation is 1. The van der Waals surface area contributed by atoms with Crippen molar-refractivity contribution in [3.05, 3.63) is 58.6 Å². The molecule has 1 N–H and O–H groups in total. The molecular formula is C20H21ClN2O3. The normalized spacial score (nSPS) is 13.1. The van der Waals surface area contributed by atoms with Crippen LogP contribution in [0.2, 0.25) is 5.02 Å². The van der Waals surface area contributed by atoms with Gasteiger partial charge in [-0.2, -0.15) is 0 Å². The molecule has 136 valence electrons. The monoisotopic (exact) mass is 372 g/mol. The molecular weight excluding hydrogens is 352 g/mol. The van der Waals surface area contributed by atoms with E-state index in [0.717, 1.165) is 19.4 Å². The van der Waals surface area contributed by atoms with Gasteiger partial charge in [0.25, 0.3) is 0 Å². The van der Waals surface area contributed by atoms with Crippen molar-refractivity contribution in [1.82, 2.24) is 0 Å². The van der Waals surface area contributed by atoms with Gasteiger partial charge in [0.1, 0.15) is 0 Å². The lowest BCUT2D eigenvalue weighted by atomic mass is 10.0. The molecule has 5 nitrogen and oxygen atoms in total. The molecule has 6 heteroatoms. The predicted octanol–water partition coefficient (Wildman–Crippen LogP) is 3.91. The van der Waals surface area contributed by atoms with E-state index in [1.165, 1.54) is 24.4 Å². The number of rotatable bonds is 5. The van der Waals surface area contributed by atoms with E-state index >= 15 is 0 Å². The number of carbonyl (C=O) groups is 2. The Hall–Kier alpha value is -2.53. The zero-order valence-electron chi connectivity index (χ0n) is 14.6. The van der Waals surface area contributed by atoms with Crippen LogP contribution < -0.4 is 10.2 Å². The lowest BCUT2D eigenvalue weighted by Gasteiger charge is -2.31. The number of fused-ring (bicyclic) bond motifs is 1. The molecule has 0 aliphatic carbocycles. The van der Waals surface area contributed by atoms with Gasteiger partial charge in [-0.1, -0.05) is 29.8 Å². The highest BCUT2D eigenvalue weighted by atomic mass is 35.5. The summed E-state index contributed by atoms with van der Waals surface area (Å²) in [7, 11) is 1.31. The molecule has 0 unspecified atom stereocenters. The van der Waals surface area contributed by atoms with Crippen molar-refractivity contribution in [2.75, 3.05) is 30.4 Å². The Morgan fingerprint density at radius 1 is 1.23 bits per heavy atom. The number of anilines is 2. The van der Waals surface area contributed by atoms with Crippen LogP contribution in [0.15, 0.2) is 42.5 Å². The van der Waals surface area contributed by atoms with Gasteiger partial charge in [0.15, 0.2) is 0 Å². The standard InChI is InChI=1S/C20H21ClN2O3/c1-26-20(25)15-8-9-16(21)17(13-15)22-19(24)10-12-23-11-4-6-14-5-2-3-7-18(14)23/h2-3,5,7-9,13H,4,6,10-12H2,1H3,(H,22,24). The minimum atomic E-state index is -0.470. The minimum Gasteiger partial charge on any atom is -0.465 e. The highest BCUT2D eigenvalue weighted by molar-refractivity contribution is 6.33. The van der Waals surface area contributed by atoms with Gasteiger partial charge in [0.05, 0.1) is 23.4 Å². The number of amides is 1. The van der Waals surface area contributed by atoms with Crippen molar-refractivity contribution in [2.24, 2.45) is 0 Å². The summed E-state index contributed by atoms with van der Waals surface area (Å²) in [6.07, 6.45) is 2.51. The molecule has 0 aromatic heterocycles. The van der Waals surface area contributed by atoms with Crippen molar-refractivity contribution in [1.29, 1.82) is 0 Å². The predicted molar refractivity (Wildman–Crippen MR) is 103 cm³/mol. The van der Waals surface area contributed by atoms with Crippen molar-refractivity contribution in [2.45, 2.75) is 19.3 Å². The van der Waals surface area contributed by atoms with Gasteiger partial charge < -0.3 is 15.0 Å². The lowest BCUT2D eigenvalue weighted by molar-refractivity contribution is -0.116. The van der Waals surface area contributed by atoms with Gasteiger partial charge in [0.2, 0.25) is 5.91 Å². The van der Waals surface area contributed by atoms with Crippen LogP contribution >= 0.6 is 11.6 Å². The van der Waals surface area contributed by atoms with Crippen LogP contribution in [0.4, 0.5) is 11.4 Å². The first-order valence-electron chi connectivity index (χ1n) is 8.59. The number of benzene rings is 2. The lowest BCUT2D eigenvalue weighted by Crippen LogP contribution is -2.32. The second-order valence-corrected chi connectivity index (χ2v) is 6.61. The first-order chi connectivity index (χ1) is 12.6. The van der Waals surface area contributed by atoms with E-state index in [1.807, 2.05) is 12.1 Å². The maximum absolute atomic E-state index is 12.4. The summed E-state index contributed by atoms with van der Waals surface area (Å²) in [6, 6.07) is 13.0. The average molecular weight is 373 g/mol. The summed E-state index contributed by atoms with van der Waals surface area (Å²) in [6.45, 7) is 1.58. The number of esters is 1. The van der Waals surface area contributed by atoms with Crippen LogP contribution in [0.1, 0.15) is 28.8 Å². The fourth-order valence-corrected chi connectivity index (χ4v) is 3.32. The Bertz CT molecular complexity index is 822. The molecule has 26 heavy (non-hydrogen) atoms. The van der Waals surface area contributed by atoms with Crippen LogP contribution in [-0.4, -0.2) is 32.1 Å². The molecule has 1 aliphatic heterocycles. The van der Waals surface area contributed by atoms with Gasteiger partial charge in [-0.3, -0.25) is 4.79 Å². The smallest absolute Gasteiger partial charge is 0.337 e. The third-order valence-electron chi connectivity index (χ3n) is 4.48. The Morgan fingerprint density at radius 2 is 2.04 bits per heavy atom. The molecule has 1 aliphatic rings. The van der Waals surface area contributed by atoms with Gasteiger partial charge in [-0.05, 0) is 42.7 Å². The number of nitrogens with one attached hydrogen (secondary N) is 1. The molecule has 3 rings (SSSR count). The van der Waals surface area contributed by atoms with Gasteiger partial charge in [-0.25, -0.2) is 4.79 Å². The highest BCUT2D eigenvalue weighted by Gasteiger charge is 2.17. The number of halogens is 1. The molecule has 2 aromatic carbocycles. The van der Waals surface area contributed by atoms with E-state index in [1.54, 1.807) is 12.1 Å². The molecule has 0 saturated carbocycles. The molecule has 2 aromatic rings. The Labute approximate surface area is 157 Å². The SMILES string of the molecule is COC(=O)c1ccc(Cl)c(NC(=O)CCN2CCCc3ccccc32)c1. The maximum atomic E-state index is 12.4. The molecule has 0 fully saturated rings. The van der Waals surface area contributed by atoms with Gasteiger partial charge in [0, 0.05) is 25.2 Å². The summed E-state index contributed by atoms with van der Waals surface area (Å²) in [5.41, 5.74) is 3.29. The zero-order chi connectivity index (χ0) is 18.5. The number of methoxy groups -OCH3 is 1. The fraction of sp³-hybridized carbons (Fsp3) is 0.300. The maximum Gasteiger partial charge on any atom is 0.337 e. The number of ether oxygens (including phenoxy) is 1. The fourth-order valence-electron chi connectivity index (χ4n) is 3.16. The molecule has 0 radical (unpaired) electrons. The van der Waals surface area contributed by atoms with Gasteiger partial charge >= 0.3 is 5.97 Å². The number of hydrogen-bond acceptors (Lipinski definition) is 4. The van der Waals surface area contributed by atoms with Crippen molar-refractivity contribution in [3.8, 4) is 0 Å². The number of carbonyl (C=O) groups excluding carboxylic acids is 2. The molecule has 1 heterocycles. The van der Waals surface area contributed by atoms with Crippen molar-refractivity contribution >= 4 is 34.9 Å². The summed E-state index contributed by atoms with van der Waals surface area (Å²) in [4.78, 5) is 26.2. The first-order valence-corrected chi connectivity index (χ1v) is 8.97. The van der Waals surface area contributed by atoms with E-state index in [-0.39, 0.29) is 5.91 Å². The van der Waals surface area contributed by atoms with E-state index in [0.29, 0.717) is 29.2 Å². The Kier molecular flexibility index (Phi) is 5.78. The van der Waals surface area contributed by atoms with Gasteiger partial charge in [-0.15, -0.1) is 0 Å². The van der Waals surface area contributed by atoms with E-state index in [9.17, 15) is 9.59 Å². The largest absolute Gasteiger partial charge is 0.465 e. The minimum absolute atomic E-state index is 0.142. The number of para-hydroxylation sites is 1. The summed E-state index contributed by atoms with van der Waals surface area (Å²) < 4.78 is 4.69. The third-order valence-corrected chi connectivity index (χ3v) is 4.81. The first kappa shape index (κ1) is 18.3. The number of hydrogen-bond donors (Lipinski definition) is 1. The quantitative estimate of drug-likeness (QED) is 0.808. The molecule has 0 spiro atoms. The van der Waals surface area contributed by atoms with E-state index in [2.05, 4.69) is 22.3 Å². The summed E-state index contributed by atoms with van der Waals surface area (Å²) in [5, 5.41) is 3.17. The second kappa shape index (κ2) is 8.23.